The number of hydrogen-bond acceptors (Lipinski definition) is 3. The molecule has 0 fully saturated rings. The van der Waals surface area contributed by atoms with E-state index in [4.69, 9.17) is 11.6 Å². The molecule has 18 heavy (non-hydrogen) atoms. The zero-order chi connectivity index (χ0) is 13.1. The van der Waals surface area contributed by atoms with E-state index in [0.29, 0.717) is 22.1 Å². The second kappa shape index (κ2) is 5.10. The van der Waals surface area contributed by atoms with E-state index >= 15 is 0 Å². The van der Waals surface area contributed by atoms with Crippen LogP contribution in [0.4, 0.5) is 4.39 Å². The van der Waals surface area contributed by atoms with Gasteiger partial charge in [-0.1, -0.05) is 11.6 Å². The summed E-state index contributed by atoms with van der Waals surface area (Å²) in [6, 6.07) is 3.30. The third-order valence-corrected chi connectivity index (χ3v) is 2.47. The normalized spacial score (nSPS) is 13.1. The number of hydrogen-bond donors (Lipinski definition) is 0. The van der Waals surface area contributed by atoms with Crippen LogP contribution < -0.4 is 0 Å². The molecule has 0 radical (unpaired) electrons. The molecule has 4 nitrogen and oxygen atoms in total. The fraction of sp³-hybridized carbons (Fsp3) is 0.0833. The molecule has 0 unspecified atom stereocenters. The summed E-state index contributed by atoms with van der Waals surface area (Å²) in [6.45, 7) is 4.69. The minimum atomic E-state index is -0.351. The van der Waals surface area contributed by atoms with Crippen molar-refractivity contribution >= 4 is 29.5 Å². The van der Waals surface area contributed by atoms with Crippen LogP contribution in [0.5, 0.6) is 0 Å². The lowest BCUT2D eigenvalue weighted by Crippen LogP contribution is -1.96. The number of rotatable bonds is 3. The van der Waals surface area contributed by atoms with Crippen molar-refractivity contribution in [1.29, 1.82) is 0 Å². The van der Waals surface area contributed by atoms with Gasteiger partial charge in [0, 0.05) is 23.9 Å². The number of nitrogens with zero attached hydrogens (tertiary/aromatic N) is 4. The Morgan fingerprint density at radius 2 is 2.39 bits per heavy atom. The first-order valence-corrected chi connectivity index (χ1v) is 5.50. The Hall–Kier alpha value is -2.01. The number of halogens is 2. The Morgan fingerprint density at radius 1 is 1.61 bits per heavy atom. The van der Waals surface area contributed by atoms with E-state index in [0.717, 1.165) is 0 Å². The van der Waals surface area contributed by atoms with E-state index in [1.165, 1.54) is 23.7 Å². The third kappa shape index (κ3) is 2.46. The van der Waals surface area contributed by atoms with E-state index in [2.05, 4.69) is 21.8 Å². The molecule has 0 saturated carbocycles. The van der Waals surface area contributed by atoms with Crippen LogP contribution in [0.1, 0.15) is 12.6 Å². The number of fused-ring (bicyclic) bond motifs is 1. The smallest absolute Gasteiger partial charge is 0.157 e. The SMILES string of the molecule is C=N/C=C(\C=C(/C)F)c1cc(Cl)n2nccc2n1. The summed E-state index contributed by atoms with van der Waals surface area (Å²) >= 11 is 6.06. The van der Waals surface area contributed by atoms with Crippen LogP contribution in [0.3, 0.4) is 0 Å². The molecule has 2 heterocycles. The van der Waals surface area contributed by atoms with Crippen molar-refractivity contribution in [3.63, 3.8) is 0 Å². The van der Waals surface area contributed by atoms with Crippen LogP contribution in [-0.4, -0.2) is 21.3 Å². The molecule has 2 aromatic rings. The second-order valence-corrected chi connectivity index (χ2v) is 3.95. The van der Waals surface area contributed by atoms with Crippen LogP contribution in [0, 0.1) is 0 Å². The van der Waals surface area contributed by atoms with Crippen molar-refractivity contribution in [2.75, 3.05) is 0 Å². The Labute approximate surface area is 108 Å². The molecule has 0 aliphatic carbocycles. The van der Waals surface area contributed by atoms with Crippen LogP contribution in [-0.2, 0) is 0 Å². The van der Waals surface area contributed by atoms with Gasteiger partial charge in [-0.25, -0.2) is 13.9 Å². The summed E-state index contributed by atoms with van der Waals surface area (Å²) in [4.78, 5) is 7.95. The van der Waals surface area contributed by atoms with Crippen LogP contribution in [0.15, 0.2) is 41.4 Å². The second-order valence-electron chi connectivity index (χ2n) is 3.56. The Bertz CT molecular complexity index is 653. The highest BCUT2D eigenvalue weighted by Crippen LogP contribution is 2.21. The molecule has 0 saturated heterocycles. The molecule has 0 atom stereocenters. The molecule has 2 aromatic heterocycles. The quantitative estimate of drug-likeness (QED) is 0.485. The van der Waals surface area contributed by atoms with Crippen molar-refractivity contribution in [3.05, 3.63) is 47.3 Å². The molecule has 2 rings (SSSR count). The maximum Gasteiger partial charge on any atom is 0.157 e. The van der Waals surface area contributed by atoms with E-state index in [9.17, 15) is 4.39 Å². The molecule has 0 aliphatic rings. The molecular formula is C12H10ClFN4. The maximum absolute atomic E-state index is 13.0. The summed E-state index contributed by atoms with van der Waals surface area (Å²) in [5.41, 5.74) is 1.59. The molecule has 0 bridgehead atoms. The van der Waals surface area contributed by atoms with Crippen molar-refractivity contribution in [3.8, 4) is 0 Å². The van der Waals surface area contributed by atoms with Gasteiger partial charge >= 0.3 is 0 Å². The van der Waals surface area contributed by atoms with Crippen molar-refractivity contribution in [2.45, 2.75) is 6.92 Å². The van der Waals surface area contributed by atoms with Gasteiger partial charge in [-0.05, 0) is 19.7 Å². The number of allylic oxidation sites excluding steroid dienone is 3. The average molecular weight is 265 g/mol. The van der Waals surface area contributed by atoms with Crippen molar-refractivity contribution in [2.24, 2.45) is 4.99 Å². The van der Waals surface area contributed by atoms with E-state index in [1.54, 1.807) is 18.3 Å². The van der Waals surface area contributed by atoms with Gasteiger partial charge in [-0.3, -0.25) is 4.99 Å². The zero-order valence-electron chi connectivity index (χ0n) is 9.64. The van der Waals surface area contributed by atoms with E-state index < -0.39 is 0 Å². The van der Waals surface area contributed by atoms with E-state index in [-0.39, 0.29) is 5.83 Å². The first-order valence-electron chi connectivity index (χ1n) is 5.12. The zero-order valence-corrected chi connectivity index (χ0v) is 10.4. The molecule has 0 aliphatic heterocycles. The lowest BCUT2D eigenvalue weighted by Gasteiger charge is -2.03. The van der Waals surface area contributed by atoms with Crippen LogP contribution >= 0.6 is 11.6 Å². The van der Waals surface area contributed by atoms with Gasteiger partial charge in [0.2, 0.25) is 0 Å². The Morgan fingerprint density at radius 3 is 3.06 bits per heavy atom. The topological polar surface area (TPSA) is 42.5 Å². The largest absolute Gasteiger partial charge is 0.272 e. The van der Waals surface area contributed by atoms with Gasteiger partial charge in [-0.15, -0.1) is 0 Å². The van der Waals surface area contributed by atoms with Gasteiger partial charge in [0.1, 0.15) is 5.15 Å². The summed E-state index contributed by atoms with van der Waals surface area (Å²) in [5, 5.41) is 4.39. The minimum Gasteiger partial charge on any atom is -0.272 e. The Balaban J connectivity index is 2.61. The summed E-state index contributed by atoms with van der Waals surface area (Å²) in [7, 11) is 0. The third-order valence-electron chi connectivity index (χ3n) is 2.20. The predicted molar refractivity (Wildman–Crippen MR) is 70.4 cm³/mol. The fourth-order valence-corrected chi connectivity index (χ4v) is 1.75. The highest BCUT2D eigenvalue weighted by atomic mass is 35.5. The van der Waals surface area contributed by atoms with Crippen molar-refractivity contribution in [1.82, 2.24) is 14.6 Å². The molecular weight excluding hydrogens is 255 g/mol. The highest BCUT2D eigenvalue weighted by Gasteiger charge is 2.07. The van der Waals surface area contributed by atoms with Gasteiger partial charge in [-0.2, -0.15) is 5.10 Å². The van der Waals surface area contributed by atoms with Crippen LogP contribution in [0.2, 0.25) is 5.15 Å². The first kappa shape index (κ1) is 12.4. The fourth-order valence-electron chi connectivity index (χ4n) is 1.51. The predicted octanol–water partition coefficient (Wildman–Crippen LogP) is 3.30. The number of aliphatic imine (C=N–C) groups is 1. The maximum atomic E-state index is 13.0. The highest BCUT2D eigenvalue weighted by molar-refractivity contribution is 6.29. The lowest BCUT2D eigenvalue weighted by atomic mass is 10.2. The first-order chi connectivity index (χ1) is 8.61. The molecule has 6 heteroatoms. The number of aromatic nitrogens is 3. The standard InChI is InChI=1S/C12H10ClFN4/c1-8(14)5-9(7-15-2)10-6-11(13)18-12(17-10)3-4-16-18/h3-7H,2H2,1H3/b8-5+,9-7+. The van der Waals surface area contributed by atoms with Crippen LogP contribution in [0.25, 0.3) is 11.2 Å². The molecule has 92 valence electrons. The lowest BCUT2D eigenvalue weighted by molar-refractivity contribution is 0.641. The molecule has 0 aromatic carbocycles. The van der Waals surface area contributed by atoms with Gasteiger partial charge in [0.05, 0.1) is 17.7 Å². The van der Waals surface area contributed by atoms with Crippen molar-refractivity contribution < 1.29 is 4.39 Å². The average Bonchev–Trinajstić information content (AvgIpc) is 2.76. The summed E-state index contributed by atoms with van der Waals surface area (Å²) in [5.74, 6) is -0.351. The minimum absolute atomic E-state index is 0.351. The molecule has 0 spiro atoms. The summed E-state index contributed by atoms with van der Waals surface area (Å²) in [6.07, 6.45) is 4.33. The monoisotopic (exact) mass is 264 g/mol. The van der Waals surface area contributed by atoms with E-state index in [1.807, 2.05) is 0 Å². The molecule has 0 N–H and O–H groups in total. The summed E-state index contributed by atoms with van der Waals surface area (Å²) < 4.78 is 14.5. The van der Waals surface area contributed by atoms with Gasteiger partial charge in [0.15, 0.2) is 5.65 Å². The Kier molecular flexibility index (Phi) is 3.53. The van der Waals surface area contributed by atoms with Gasteiger partial charge in [0.25, 0.3) is 0 Å². The molecule has 0 amide bonds. The van der Waals surface area contributed by atoms with Gasteiger partial charge < -0.3 is 0 Å².